The highest BCUT2D eigenvalue weighted by Gasteiger charge is 2.37. The maximum atomic E-state index is 12.9. The number of nitriles is 1. The number of hydrogen-bond donors (Lipinski definition) is 0. The fourth-order valence-electron chi connectivity index (χ4n) is 3.97. The van der Waals surface area contributed by atoms with E-state index in [2.05, 4.69) is 14.8 Å². The Morgan fingerprint density at radius 3 is 2.73 bits per heavy atom. The van der Waals surface area contributed by atoms with Gasteiger partial charge in [0.05, 0.1) is 11.1 Å². The van der Waals surface area contributed by atoms with Crippen LogP contribution in [0.5, 0.6) is 11.5 Å². The van der Waals surface area contributed by atoms with Gasteiger partial charge in [-0.25, -0.2) is 4.99 Å². The first-order chi connectivity index (χ1) is 15.9. The lowest BCUT2D eigenvalue weighted by Crippen LogP contribution is -2.29. The molecular formula is C24H21F3N4O2. The van der Waals surface area contributed by atoms with Gasteiger partial charge in [-0.1, -0.05) is 12.1 Å². The van der Waals surface area contributed by atoms with Crippen molar-refractivity contribution in [1.82, 2.24) is 9.80 Å². The van der Waals surface area contributed by atoms with Gasteiger partial charge < -0.3 is 19.3 Å². The van der Waals surface area contributed by atoms with Crippen molar-refractivity contribution in [3.63, 3.8) is 0 Å². The SMILES string of the molecule is N#Cc1cc(COC2=NCN3CCN(C4CC4)C3=C2)ccc1Oc1cccc(C(F)(F)F)c1. The van der Waals surface area contributed by atoms with Gasteiger partial charge in [0.2, 0.25) is 5.90 Å². The molecule has 9 heteroatoms. The molecule has 33 heavy (non-hydrogen) atoms. The van der Waals surface area contributed by atoms with Crippen molar-refractivity contribution in [3.05, 3.63) is 71.1 Å². The second-order valence-corrected chi connectivity index (χ2v) is 8.19. The highest BCUT2D eigenvalue weighted by Crippen LogP contribution is 2.35. The zero-order valence-electron chi connectivity index (χ0n) is 17.7. The van der Waals surface area contributed by atoms with Crippen LogP contribution in [-0.2, 0) is 17.5 Å². The molecule has 1 aliphatic carbocycles. The Kier molecular flexibility index (Phi) is 5.36. The molecule has 2 aromatic rings. The molecule has 170 valence electrons. The number of halogens is 3. The van der Waals surface area contributed by atoms with Crippen molar-refractivity contribution in [3.8, 4) is 17.6 Å². The van der Waals surface area contributed by atoms with E-state index in [1.165, 1.54) is 25.0 Å². The number of fused-ring (bicyclic) bond motifs is 1. The Bertz CT molecular complexity index is 1170. The monoisotopic (exact) mass is 454 g/mol. The molecule has 0 atom stereocenters. The number of hydrogen-bond acceptors (Lipinski definition) is 6. The van der Waals surface area contributed by atoms with Crippen molar-refractivity contribution in [2.24, 2.45) is 4.99 Å². The standard InChI is InChI=1S/C24H21F3N4O2/c25-24(26,27)18-2-1-3-20(11-18)33-21-7-4-16(10-17(21)13-28)14-32-22-12-23-30(15-29-22)8-9-31(23)19-5-6-19/h1-4,7,10-12,19H,5-6,8-9,14-15H2. The Morgan fingerprint density at radius 2 is 1.97 bits per heavy atom. The molecule has 0 unspecified atom stereocenters. The summed E-state index contributed by atoms with van der Waals surface area (Å²) in [5.41, 5.74) is 0.128. The second kappa shape index (κ2) is 8.35. The summed E-state index contributed by atoms with van der Waals surface area (Å²) in [5.74, 6) is 1.90. The minimum atomic E-state index is -4.47. The van der Waals surface area contributed by atoms with Crippen LogP contribution in [0.1, 0.15) is 29.5 Å². The minimum absolute atomic E-state index is 0.00912. The average molecular weight is 454 g/mol. The average Bonchev–Trinajstić information content (AvgIpc) is 3.57. The van der Waals surface area contributed by atoms with Crippen molar-refractivity contribution in [2.45, 2.75) is 31.7 Å². The number of rotatable bonds is 5. The lowest BCUT2D eigenvalue weighted by molar-refractivity contribution is -0.137. The smallest absolute Gasteiger partial charge is 0.416 e. The van der Waals surface area contributed by atoms with E-state index in [-0.39, 0.29) is 23.7 Å². The molecule has 2 heterocycles. The van der Waals surface area contributed by atoms with Crippen LogP contribution in [0.25, 0.3) is 0 Å². The highest BCUT2D eigenvalue weighted by atomic mass is 19.4. The molecule has 0 bridgehead atoms. The third kappa shape index (κ3) is 4.60. The van der Waals surface area contributed by atoms with Crippen LogP contribution in [0.2, 0.25) is 0 Å². The van der Waals surface area contributed by atoms with Crippen molar-refractivity contribution >= 4 is 5.90 Å². The molecule has 0 aromatic heterocycles. The van der Waals surface area contributed by atoms with Gasteiger partial charge in [-0.15, -0.1) is 0 Å². The van der Waals surface area contributed by atoms with Crippen molar-refractivity contribution in [1.29, 1.82) is 5.26 Å². The van der Waals surface area contributed by atoms with E-state index >= 15 is 0 Å². The van der Waals surface area contributed by atoms with Gasteiger partial charge in [-0.05, 0) is 48.7 Å². The molecule has 0 amide bonds. The molecule has 0 spiro atoms. The lowest BCUT2D eigenvalue weighted by atomic mass is 10.1. The van der Waals surface area contributed by atoms with E-state index in [1.54, 1.807) is 18.2 Å². The van der Waals surface area contributed by atoms with Crippen LogP contribution in [0.4, 0.5) is 13.2 Å². The first-order valence-corrected chi connectivity index (χ1v) is 10.7. The first kappa shape index (κ1) is 21.2. The molecule has 3 aliphatic rings. The Balaban J connectivity index is 1.26. The normalized spacial score (nSPS) is 17.8. The van der Waals surface area contributed by atoms with E-state index in [0.29, 0.717) is 18.6 Å². The molecule has 2 aromatic carbocycles. The molecule has 0 N–H and O–H groups in total. The summed E-state index contributed by atoms with van der Waals surface area (Å²) < 4.78 is 50.3. The summed E-state index contributed by atoms with van der Waals surface area (Å²) in [6.45, 7) is 2.76. The number of ether oxygens (including phenoxy) is 2. The fraction of sp³-hybridized carbons (Fsp3) is 0.333. The van der Waals surface area contributed by atoms with E-state index in [4.69, 9.17) is 9.47 Å². The predicted octanol–water partition coefficient (Wildman–Crippen LogP) is 4.88. The van der Waals surface area contributed by atoms with Gasteiger partial charge in [0, 0.05) is 25.2 Å². The zero-order valence-corrected chi connectivity index (χ0v) is 17.7. The van der Waals surface area contributed by atoms with Crippen molar-refractivity contribution in [2.75, 3.05) is 19.8 Å². The lowest BCUT2D eigenvalue weighted by Gasteiger charge is -2.26. The Morgan fingerprint density at radius 1 is 1.12 bits per heavy atom. The number of benzene rings is 2. The van der Waals surface area contributed by atoms with Crippen molar-refractivity contribution < 1.29 is 22.6 Å². The van der Waals surface area contributed by atoms with E-state index < -0.39 is 11.7 Å². The molecule has 6 nitrogen and oxygen atoms in total. The fourth-order valence-corrected chi connectivity index (χ4v) is 3.97. The third-order valence-electron chi connectivity index (χ3n) is 5.81. The third-order valence-corrected chi connectivity index (χ3v) is 5.81. The first-order valence-electron chi connectivity index (χ1n) is 10.7. The van der Waals surface area contributed by atoms with Gasteiger partial charge in [0.25, 0.3) is 0 Å². The molecule has 1 saturated heterocycles. The molecule has 2 fully saturated rings. The summed E-state index contributed by atoms with van der Waals surface area (Å²) in [7, 11) is 0. The van der Waals surface area contributed by atoms with Gasteiger partial charge in [0.1, 0.15) is 36.7 Å². The van der Waals surface area contributed by atoms with E-state index in [0.717, 1.165) is 36.6 Å². The highest BCUT2D eigenvalue weighted by molar-refractivity contribution is 5.89. The quantitative estimate of drug-likeness (QED) is 0.645. The minimum Gasteiger partial charge on any atom is -0.473 e. The van der Waals surface area contributed by atoms with Gasteiger partial charge in [0.15, 0.2) is 0 Å². The molecule has 2 aliphatic heterocycles. The van der Waals surface area contributed by atoms with Crippen LogP contribution < -0.4 is 4.74 Å². The molecular weight excluding hydrogens is 433 g/mol. The van der Waals surface area contributed by atoms with Crippen LogP contribution in [0, 0.1) is 11.3 Å². The van der Waals surface area contributed by atoms with E-state index in [9.17, 15) is 18.4 Å². The van der Waals surface area contributed by atoms with Gasteiger partial charge in [-0.2, -0.15) is 18.4 Å². The maximum Gasteiger partial charge on any atom is 0.416 e. The number of alkyl halides is 3. The van der Waals surface area contributed by atoms with Crippen LogP contribution in [-0.4, -0.2) is 41.5 Å². The summed E-state index contributed by atoms with van der Waals surface area (Å²) >= 11 is 0. The van der Waals surface area contributed by atoms with Crippen LogP contribution in [0.15, 0.2) is 59.4 Å². The van der Waals surface area contributed by atoms with E-state index in [1.807, 2.05) is 12.1 Å². The predicted molar refractivity (Wildman–Crippen MR) is 114 cm³/mol. The summed E-state index contributed by atoms with van der Waals surface area (Å²) in [4.78, 5) is 9.12. The summed E-state index contributed by atoms with van der Waals surface area (Å²) in [5, 5.41) is 9.52. The second-order valence-electron chi connectivity index (χ2n) is 8.19. The number of nitrogens with zero attached hydrogens (tertiary/aromatic N) is 4. The van der Waals surface area contributed by atoms with Crippen LogP contribution >= 0.6 is 0 Å². The zero-order chi connectivity index (χ0) is 23.0. The Hall–Kier alpha value is -3.67. The molecule has 0 radical (unpaired) electrons. The molecule has 1 saturated carbocycles. The topological polar surface area (TPSA) is 61.1 Å². The van der Waals surface area contributed by atoms with Crippen LogP contribution in [0.3, 0.4) is 0 Å². The maximum absolute atomic E-state index is 12.9. The summed E-state index contributed by atoms with van der Waals surface area (Å²) in [6, 6.07) is 12.1. The number of aliphatic imine (C=N–C) groups is 1. The molecule has 5 rings (SSSR count). The largest absolute Gasteiger partial charge is 0.473 e. The Labute approximate surface area is 189 Å². The van der Waals surface area contributed by atoms with Gasteiger partial charge >= 0.3 is 6.18 Å². The summed E-state index contributed by atoms with van der Waals surface area (Å²) in [6.07, 6.45) is -0.0547. The van der Waals surface area contributed by atoms with Gasteiger partial charge in [-0.3, -0.25) is 0 Å².